The summed E-state index contributed by atoms with van der Waals surface area (Å²) in [6.07, 6.45) is 0.896. The van der Waals surface area contributed by atoms with Crippen molar-refractivity contribution in [3.63, 3.8) is 0 Å². The summed E-state index contributed by atoms with van der Waals surface area (Å²) in [4.78, 5) is 45.3. The number of aliphatic carboxylic acids is 1. The minimum Gasteiger partial charge on any atom is -0.478 e. The maximum absolute atomic E-state index is 12.0. The molecule has 0 aliphatic carbocycles. The van der Waals surface area contributed by atoms with Gasteiger partial charge in [-0.3, -0.25) is 9.59 Å². The zero-order chi connectivity index (χ0) is 19.5. The largest absolute Gasteiger partial charge is 0.478 e. The molecule has 9 heteroatoms. The number of carboxylic acid groups (broad SMARTS) is 1. The normalized spacial score (nSPS) is 12.5. The van der Waals surface area contributed by atoms with E-state index in [1.54, 1.807) is 13.8 Å². The number of thiol groups is 1. The molecule has 0 rings (SSSR count). The molecule has 0 spiro atoms. The summed E-state index contributed by atoms with van der Waals surface area (Å²) < 4.78 is 15.0. The van der Waals surface area contributed by atoms with Gasteiger partial charge in [0.1, 0.15) is 13.2 Å². The van der Waals surface area contributed by atoms with Crippen LogP contribution in [0.2, 0.25) is 0 Å². The van der Waals surface area contributed by atoms with Crippen LogP contribution in [0, 0.1) is 5.41 Å². The molecule has 1 unspecified atom stereocenters. The third-order valence-corrected chi connectivity index (χ3v) is 3.45. The first-order valence-corrected chi connectivity index (χ1v) is 8.31. The highest BCUT2D eigenvalue weighted by molar-refractivity contribution is 7.80. The second-order valence-electron chi connectivity index (χ2n) is 5.72. The minimum atomic E-state index is -1.31. The quantitative estimate of drug-likeness (QED) is 0.240. The lowest BCUT2D eigenvalue weighted by molar-refractivity contribution is -0.167. The van der Waals surface area contributed by atoms with Crippen molar-refractivity contribution in [1.29, 1.82) is 0 Å². The smallest absolute Gasteiger partial charge is 0.331 e. The van der Waals surface area contributed by atoms with Gasteiger partial charge < -0.3 is 19.3 Å². The first kappa shape index (κ1) is 23.0. The molecular formula is C16H24O8S. The molecule has 0 saturated heterocycles. The fraction of sp³-hybridized carbons (Fsp3) is 0.625. The summed E-state index contributed by atoms with van der Waals surface area (Å²) >= 11 is 3.90. The van der Waals surface area contributed by atoms with Crippen LogP contribution >= 0.6 is 12.6 Å². The Morgan fingerprint density at radius 1 is 1.12 bits per heavy atom. The Kier molecular flexibility index (Phi) is 10.6. The zero-order valence-corrected chi connectivity index (χ0v) is 15.4. The first-order valence-electron chi connectivity index (χ1n) is 7.67. The average molecular weight is 376 g/mol. The van der Waals surface area contributed by atoms with Gasteiger partial charge in [-0.1, -0.05) is 6.92 Å². The van der Waals surface area contributed by atoms with Crippen molar-refractivity contribution in [2.24, 2.45) is 5.41 Å². The van der Waals surface area contributed by atoms with Gasteiger partial charge in [-0.2, -0.15) is 12.6 Å². The number of hydrogen-bond acceptors (Lipinski definition) is 8. The van der Waals surface area contributed by atoms with Gasteiger partial charge in [0.05, 0.1) is 11.8 Å². The molecule has 1 atom stereocenters. The lowest BCUT2D eigenvalue weighted by Gasteiger charge is -2.23. The third kappa shape index (κ3) is 10.4. The van der Waals surface area contributed by atoms with Gasteiger partial charge in [0, 0.05) is 17.9 Å². The number of rotatable bonds is 11. The molecule has 0 aliphatic heterocycles. The molecule has 0 saturated carbocycles. The van der Waals surface area contributed by atoms with Gasteiger partial charge in [0.15, 0.2) is 6.10 Å². The Morgan fingerprint density at radius 3 is 2.24 bits per heavy atom. The van der Waals surface area contributed by atoms with E-state index >= 15 is 0 Å². The summed E-state index contributed by atoms with van der Waals surface area (Å²) in [5.74, 6) is -3.01. The first-order chi connectivity index (χ1) is 11.6. The summed E-state index contributed by atoms with van der Waals surface area (Å²) in [7, 11) is 0. The number of carbonyl (C=O) groups is 4. The van der Waals surface area contributed by atoms with Gasteiger partial charge >= 0.3 is 23.9 Å². The molecule has 0 radical (unpaired) electrons. The fourth-order valence-corrected chi connectivity index (χ4v) is 1.50. The van der Waals surface area contributed by atoms with Gasteiger partial charge in [-0.25, -0.2) is 9.59 Å². The SMILES string of the molecule is CCC(C)(C)C(=O)OCC(COC(=O)CCS)OC(=O)C=CC(=O)O. The fourth-order valence-electron chi connectivity index (χ4n) is 1.32. The van der Waals surface area contributed by atoms with Crippen molar-refractivity contribution in [2.75, 3.05) is 19.0 Å². The van der Waals surface area contributed by atoms with Crippen LogP contribution in [0.1, 0.15) is 33.6 Å². The number of ether oxygens (including phenoxy) is 3. The van der Waals surface area contributed by atoms with Crippen LogP contribution in [-0.4, -0.2) is 54.1 Å². The molecule has 8 nitrogen and oxygen atoms in total. The lowest BCUT2D eigenvalue weighted by Crippen LogP contribution is -2.34. The molecule has 0 aromatic rings. The Bertz CT molecular complexity index is 512. The van der Waals surface area contributed by atoms with E-state index in [4.69, 9.17) is 19.3 Å². The van der Waals surface area contributed by atoms with Crippen LogP contribution < -0.4 is 0 Å². The molecule has 25 heavy (non-hydrogen) atoms. The second kappa shape index (κ2) is 11.5. The van der Waals surface area contributed by atoms with Gasteiger partial charge in [-0.05, 0) is 20.3 Å². The topological polar surface area (TPSA) is 116 Å². The van der Waals surface area contributed by atoms with Crippen molar-refractivity contribution in [2.45, 2.75) is 39.7 Å². The Morgan fingerprint density at radius 2 is 1.72 bits per heavy atom. The van der Waals surface area contributed by atoms with Crippen LogP contribution in [0.25, 0.3) is 0 Å². The highest BCUT2D eigenvalue weighted by atomic mass is 32.1. The molecule has 0 heterocycles. The number of carboxylic acids is 1. The molecule has 0 aliphatic rings. The minimum absolute atomic E-state index is 0.0748. The predicted molar refractivity (Wildman–Crippen MR) is 91.1 cm³/mol. The van der Waals surface area contributed by atoms with E-state index in [1.807, 2.05) is 6.92 Å². The van der Waals surface area contributed by atoms with E-state index in [-0.39, 0.29) is 19.6 Å². The summed E-state index contributed by atoms with van der Waals surface area (Å²) in [5, 5.41) is 8.48. The van der Waals surface area contributed by atoms with Crippen molar-refractivity contribution in [3.8, 4) is 0 Å². The Hall–Kier alpha value is -2.03. The van der Waals surface area contributed by atoms with Gasteiger partial charge in [0.25, 0.3) is 0 Å². The molecule has 0 aromatic carbocycles. The number of hydrogen-bond donors (Lipinski definition) is 2. The molecule has 1 N–H and O–H groups in total. The molecule has 0 bridgehead atoms. The Labute approximate surface area is 151 Å². The van der Waals surface area contributed by atoms with Crippen molar-refractivity contribution in [1.82, 2.24) is 0 Å². The van der Waals surface area contributed by atoms with Crippen molar-refractivity contribution in [3.05, 3.63) is 12.2 Å². The standard InChI is InChI=1S/C16H24O8S/c1-4-16(2,3)15(21)23-10-11(9-22-13(19)7-8-25)24-14(20)6-5-12(17)18/h5-6,11,25H,4,7-10H2,1-3H3,(H,17,18). The summed E-state index contributed by atoms with van der Waals surface area (Å²) in [6.45, 7) is 4.61. The van der Waals surface area contributed by atoms with E-state index in [1.165, 1.54) is 0 Å². The highest BCUT2D eigenvalue weighted by Crippen LogP contribution is 2.21. The van der Waals surface area contributed by atoms with Crippen LogP contribution in [-0.2, 0) is 33.4 Å². The Balaban J connectivity index is 4.77. The molecule has 0 aromatic heterocycles. The predicted octanol–water partition coefficient (Wildman–Crippen LogP) is 1.38. The molecule has 142 valence electrons. The highest BCUT2D eigenvalue weighted by Gasteiger charge is 2.28. The van der Waals surface area contributed by atoms with E-state index in [0.717, 1.165) is 0 Å². The monoisotopic (exact) mass is 376 g/mol. The third-order valence-electron chi connectivity index (χ3n) is 3.23. The molecule has 0 amide bonds. The number of carbonyl (C=O) groups excluding carboxylic acids is 3. The van der Waals surface area contributed by atoms with E-state index in [9.17, 15) is 19.2 Å². The lowest BCUT2D eigenvalue weighted by atomic mass is 9.91. The second-order valence-corrected chi connectivity index (χ2v) is 6.17. The maximum Gasteiger partial charge on any atom is 0.331 e. The van der Waals surface area contributed by atoms with E-state index < -0.39 is 35.4 Å². The van der Waals surface area contributed by atoms with Gasteiger partial charge in [-0.15, -0.1) is 0 Å². The maximum atomic E-state index is 12.0. The van der Waals surface area contributed by atoms with E-state index in [0.29, 0.717) is 24.3 Å². The van der Waals surface area contributed by atoms with Crippen LogP contribution in [0.15, 0.2) is 12.2 Å². The molecular weight excluding hydrogens is 352 g/mol. The van der Waals surface area contributed by atoms with Crippen LogP contribution in [0.4, 0.5) is 0 Å². The zero-order valence-electron chi connectivity index (χ0n) is 14.5. The van der Waals surface area contributed by atoms with E-state index in [2.05, 4.69) is 12.6 Å². The molecule has 0 fully saturated rings. The average Bonchev–Trinajstić information content (AvgIpc) is 2.55. The van der Waals surface area contributed by atoms with Crippen molar-refractivity contribution < 1.29 is 38.5 Å². The summed E-state index contributed by atoms with van der Waals surface area (Å²) in [6, 6.07) is 0. The number of esters is 3. The van der Waals surface area contributed by atoms with Crippen LogP contribution in [0.3, 0.4) is 0 Å². The van der Waals surface area contributed by atoms with Crippen molar-refractivity contribution >= 4 is 36.5 Å². The van der Waals surface area contributed by atoms with Crippen LogP contribution in [0.5, 0.6) is 0 Å². The summed E-state index contributed by atoms with van der Waals surface area (Å²) in [5.41, 5.74) is -0.708. The van der Waals surface area contributed by atoms with Gasteiger partial charge in [0.2, 0.25) is 0 Å².